The summed E-state index contributed by atoms with van der Waals surface area (Å²) >= 11 is 0. The maximum Gasteiger partial charge on any atom is 0.272 e. The number of nitro groups is 1. The van der Waals surface area contributed by atoms with E-state index in [4.69, 9.17) is 15.9 Å². The zero-order chi connectivity index (χ0) is 14.7. The Bertz CT molecular complexity index is 690. The van der Waals surface area contributed by atoms with Crippen molar-refractivity contribution in [2.45, 2.75) is 0 Å². The van der Waals surface area contributed by atoms with Crippen molar-refractivity contribution in [1.82, 2.24) is 4.98 Å². The first-order chi connectivity index (χ1) is 9.49. The largest absolute Gasteiger partial charge is 0.452 e. The van der Waals surface area contributed by atoms with Gasteiger partial charge < -0.3 is 10.5 Å². The minimum Gasteiger partial charge on any atom is -0.452 e. The van der Waals surface area contributed by atoms with Gasteiger partial charge in [-0.05, 0) is 18.2 Å². The first-order valence-corrected chi connectivity index (χ1v) is 5.40. The summed E-state index contributed by atoms with van der Waals surface area (Å²) in [6, 6.07) is 5.99. The van der Waals surface area contributed by atoms with E-state index in [2.05, 4.69) is 4.98 Å². The number of nitrogens with one attached hydrogen (secondary N) is 1. The van der Waals surface area contributed by atoms with Crippen molar-refractivity contribution in [2.75, 3.05) is 0 Å². The number of nitrogens with zero attached hydrogens (tertiary/aromatic N) is 2. The van der Waals surface area contributed by atoms with Crippen LogP contribution in [0.5, 0.6) is 11.5 Å². The third kappa shape index (κ3) is 2.69. The van der Waals surface area contributed by atoms with Crippen LogP contribution in [0.4, 0.5) is 10.1 Å². The number of nitrogen functional groups attached to an aromatic ring is 1. The molecule has 0 aliphatic carbocycles. The molecule has 0 fully saturated rings. The quantitative estimate of drug-likeness (QED) is 0.384. The number of aromatic nitrogens is 1. The average molecular weight is 276 g/mol. The number of hydrogen-bond acceptors (Lipinski definition) is 5. The van der Waals surface area contributed by atoms with Gasteiger partial charge in [-0.2, -0.15) is 0 Å². The van der Waals surface area contributed by atoms with Crippen LogP contribution in [-0.4, -0.2) is 15.7 Å². The molecule has 20 heavy (non-hydrogen) atoms. The summed E-state index contributed by atoms with van der Waals surface area (Å²) in [5.74, 6) is -1.35. The summed E-state index contributed by atoms with van der Waals surface area (Å²) in [5, 5.41) is 17.8. The molecule has 0 radical (unpaired) electrons. The number of pyridine rings is 1. The Hall–Kier alpha value is -3.03. The van der Waals surface area contributed by atoms with Crippen molar-refractivity contribution in [3.8, 4) is 11.5 Å². The number of rotatable bonds is 4. The molecule has 2 rings (SSSR count). The lowest BCUT2D eigenvalue weighted by atomic mass is 10.2. The van der Waals surface area contributed by atoms with Gasteiger partial charge in [-0.3, -0.25) is 15.5 Å². The second-order valence-electron chi connectivity index (χ2n) is 3.74. The number of halogens is 1. The fourth-order valence-electron chi connectivity index (χ4n) is 1.48. The van der Waals surface area contributed by atoms with Crippen LogP contribution in [0.1, 0.15) is 5.69 Å². The fourth-order valence-corrected chi connectivity index (χ4v) is 1.48. The molecule has 0 bridgehead atoms. The van der Waals surface area contributed by atoms with Gasteiger partial charge in [0.05, 0.1) is 11.0 Å². The Morgan fingerprint density at radius 2 is 2.15 bits per heavy atom. The summed E-state index contributed by atoms with van der Waals surface area (Å²) in [6.45, 7) is 0. The molecule has 2 aromatic rings. The zero-order valence-corrected chi connectivity index (χ0v) is 10.0. The zero-order valence-electron chi connectivity index (χ0n) is 10.0. The molecule has 1 aromatic heterocycles. The maximum absolute atomic E-state index is 13.7. The first-order valence-electron chi connectivity index (χ1n) is 5.40. The van der Waals surface area contributed by atoms with Gasteiger partial charge in [0, 0.05) is 12.3 Å². The molecular weight excluding hydrogens is 267 g/mol. The highest BCUT2D eigenvalue weighted by molar-refractivity contribution is 5.95. The lowest BCUT2D eigenvalue weighted by Crippen LogP contribution is -2.14. The maximum atomic E-state index is 13.7. The second-order valence-corrected chi connectivity index (χ2v) is 3.74. The SMILES string of the molecule is N=C(N)c1ncccc1Oc1ccc([N+](=O)[O-])cc1F. The predicted molar refractivity (Wildman–Crippen MR) is 68.4 cm³/mol. The number of nitro benzene ring substituents is 1. The summed E-state index contributed by atoms with van der Waals surface area (Å²) < 4.78 is 18.9. The Morgan fingerprint density at radius 1 is 1.40 bits per heavy atom. The number of nitrogens with two attached hydrogens (primary N) is 1. The summed E-state index contributed by atoms with van der Waals surface area (Å²) in [5.41, 5.74) is 5.01. The van der Waals surface area contributed by atoms with Gasteiger partial charge in [-0.15, -0.1) is 0 Å². The molecule has 0 spiro atoms. The lowest BCUT2D eigenvalue weighted by Gasteiger charge is -2.09. The van der Waals surface area contributed by atoms with E-state index in [0.29, 0.717) is 0 Å². The number of amidine groups is 1. The van der Waals surface area contributed by atoms with Gasteiger partial charge in [0.1, 0.15) is 11.5 Å². The predicted octanol–water partition coefficient (Wildman–Crippen LogP) is 2.21. The lowest BCUT2D eigenvalue weighted by molar-refractivity contribution is -0.385. The molecule has 0 unspecified atom stereocenters. The van der Waals surface area contributed by atoms with Crippen molar-refractivity contribution < 1.29 is 14.1 Å². The van der Waals surface area contributed by atoms with Crippen LogP contribution in [0.25, 0.3) is 0 Å². The molecule has 3 N–H and O–H groups in total. The molecule has 0 saturated carbocycles. The number of benzene rings is 1. The van der Waals surface area contributed by atoms with E-state index in [1.54, 1.807) is 0 Å². The van der Waals surface area contributed by atoms with Crippen LogP contribution < -0.4 is 10.5 Å². The van der Waals surface area contributed by atoms with Crippen LogP contribution in [-0.2, 0) is 0 Å². The Kier molecular flexibility index (Phi) is 3.56. The Morgan fingerprint density at radius 3 is 2.75 bits per heavy atom. The topological polar surface area (TPSA) is 115 Å². The van der Waals surface area contributed by atoms with E-state index < -0.39 is 10.7 Å². The molecular formula is C12H9FN4O3. The average Bonchev–Trinajstić information content (AvgIpc) is 2.41. The Labute approximate surface area is 112 Å². The van der Waals surface area contributed by atoms with Crippen LogP contribution in [0.15, 0.2) is 36.5 Å². The highest BCUT2D eigenvalue weighted by atomic mass is 19.1. The van der Waals surface area contributed by atoms with Crippen molar-refractivity contribution >= 4 is 11.5 Å². The summed E-state index contributed by atoms with van der Waals surface area (Å²) in [7, 11) is 0. The monoisotopic (exact) mass is 276 g/mol. The summed E-state index contributed by atoms with van der Waals surface area (Å²) in [4.78, 5) is 13.6. The molecule has 0 atom stereocenters. The standard InChI is InChI=1S/C12H9FN4O3/c13-8-6-7(17(18)19)3-4-9(8)20-10-2-1-5-16-11(10)12(14)15/h1-6H,(H3,14,15). The first kappa shape index (κ1) is 13.4. The van der Waals surface area contributed by atoms with Gasteiger partial charge in [-0.25, -0.2) is 9.37 Å². The highest BCUT2D eigenvalue weighted by Gasteiger charge is 2.14. The number of hydrogen-bond donors (Lipinski definition) is 2. The van der Waals surface area contributed by atoms with E-state index in [1.165, 1.54) is 18.3 Å². The molecule has 1 heterocycles. The van der Waals surface area contributed by atoms with Crippen molar-refractivity contribution in [1.29, 1.82) is 5.41 Å². The minimum absolute atomic E-state index is 0.0604. The number of non-ortho nitro benzene ring substituents is 1. The van der Waals surface area contributed by atoms with Crippen molar-refractivity contribution in [2.24, 2.45) is 5.73 Å². The summed E-state index contributed by atoms with van der Waals surface area (Å²) in [6.07, 6.45) is 1.41. The number of ether oxygens (including phenoxy) is 1. The van der Waals surface area contributed by atoms with Gasteiger partial charge in [0.25, 0.3) is 5.69 Å². The van der Waals surface area contributed by atoms with Gasteiger partial charge >= 0.3 is 0 Å². The van der Waals surface area contributed by atoms with Crippen LogP contribution in [0, 0.1) is 21.3 Å². The molecule has 8 heteroatoms. The van der Waals surface area contributed by atoms with E-state index in [-0.39, 0.29) is 28.7 Å². The highest BCUT2D eigenvalue weighted by Crippen LogP contribution is 2.28. The molecule has 0 saturated heterocycles. The van der Waals surface area contributed by atoms with Gasteiger partial charge in [0.2, 0.25) is 0 Å². The van der Waals surface area contributed by atoms with E-state index >= 15 is 0 Å². The third-order valence-electron chi connectivity index (χ3n) is 2.37. The Balaban J connectivity index is 2.36. The molecule has 0 aliphatic rings. The molecule has 102 valence electrons. The smallest absolute Gasteiger partial charge is 0.272 e. The molecule has 1 aromatic carbocycles. The van der Waals surface area contributed by atoms with Crippen molar-refractivity contribution in [3.63, 3.8) is 0 Å². The van der Waals surface area contributed by atoms with E-state index in [9.17, 15) is 14.5 Å². The van der Waals surface area contributed by atoms with Gasteiger partial charge in [0.15, 0.2) is 17.3 Å². The normalized spacial score (nSPS) is 10.1. The van der Waals surface area contributed by atoms with Gasteiger partial charge in [-0.1, -0.05) is 0 Å². The fraction of sp³-hybridized carbons (Fsp3) is 0. The van der Waals surface area contributed by atoms with Crippen LogP contribution >= 0.6 is 0 Å². The molecule has 0 amide bonds. The van der Waals surface area contributed by atoms with E-state index in [1.807, 2.05) is 0 Å². The van der Waals surface area contributed by atoms with Crippen molar-refractivity contribution in [3.05, 3.63) is 58.2 Å². The molecule has 0 aliphatic heterocycles. The van der Waals surface area contributed by atoms with E-state index in [0.717, 1.165) is 18.2 Å². The molecule has 7 nitrogen and oxygen atoms in total. The second kappa shape index (κ2) is 5.31. The van der Waals surface area contributed by atoms with Crippen LogP contribution in [0.2, 0.25) is 0 Å². The minimum atomic E-state index is -0.891. The third-order valence-corrected chi connectivity index (χ3v) is 2.37. The van der Waals surface area contributed by atoms with Crippen LogP contribution in [0.3, 0.4) is 0 Å².